The lowest BCUT2D eigenvalue weighted by atomic mass is 9.72. The summed E-state index contributed by atoms with van der Waals surface area (Å²) in [5, 5.41) is 3.13. The molecule has 1 N–H and O–H groups in total. The number of methoxy groups -OCH3 is 1. The first-order valence-electron chi connectivity index (χ1n) is 21.7. The molecule has 0 spiro atoms. The lowest BCUT2D eigenvalue weighted by Gasteiger charge is -2.48. The number of aryl methyl sites for hydroxylation is 1. The van der Waals surface area contributed by atoms with E-state index in [0.29, 0.717) is 32.4 Å². The van der Waals surface area contributed by atoms with Gasteiger partial charge in [-0.15, -0.1) is 0 Å². The number of pyridine rings is 1. The van der Waals surface area contributed by atoms with Gasteiger partial charge in [0.05, 0.1) is 47.5 Å². The van der Waals surface area contributed by atoms with Crippen molar-refractivity contribution in [1.82, 2.24) is 29.7 Å². The Morgan fingerprint density at radius 1 is 1.03 bits per heavy atom. The number of likely N-dealkylation sites (N-methyl/N-ethyl adjacent to an activating group) is 1. The molecule has 3 fully saturated rings. The molecule has 338 valence electrons. The molecule has 7 unspecified atom stereocenters. The Labute approximate surface area is 360 Å². The van der Waals surface area contributed by atoms with E-state index in [1.54, 1.807) is 37.5 Å². The van der Waals surface area contributed by atoms with Gasteiger partial charge in [0, 0.05) is 69.0 Å². The van der Waals surface area contributed by atoms with Crippen LogP contribution in [0.5, 0.6) is 0 Å². The zero-order chi connectivity index (χ0) is 45.0. The fraction of sp³-hybridized carbons (Fsp3) is 0.711. The highest BCUT2D eigenvalue weighted by Gasteiger charge is 2.58. The molecule has 61 heavy (non-hydrogen) atoms. The minimum atomic E-state index is -1.29. The molecule has 0 aromatic carbocycles. The van der Waals surface area contributed by atoms with Crippen molar-refractivity contribution in [2.45, 2.75) is 155 Å². The van der Waals surface area contributed by atoms with Crippen LogP contribution in [-0.4, -0.2) is 136 Å². The quantitative estimate of drug-likeness (QED) is 0.170. The zero-order valence-corrected chi connectivity index (χ0v) is 38.1. The van der Waals surface area contributed by atoms with Crippen LogP contribution in [0.3, 0.4) is 0 Å². The minimum absolute atomic E-state index is 0.124. The maximum absolute atomic E-state index is 14.8. The molecule has 0 radical (unpaired) electrons. The largest absolute Gasteiger partial charge is 0.459 e. The van der Waals surface area contributed by atoms with Crippen LogP contribution in [-0.2, 0) is 49.4 Å². The van der Waals surface area contributed by atoms with Gasteiger partial charge in [-0.05, 0) is 86.0 Å². The topological polar surface area (TPSA) is 181 Å². The number of imidazole rings is 1. The summed E-state index contributed by atoms with van der Waals surface area (Å²) in [5.41, 5.74) is -0.724. The molecule has 0 aliphatic carbocycles. The van der Waals surface area contributed by atoms with Gasteiger partial charge >= 0.3 is 18.0 Å². The summed E-state index contributed by atoms with van der Waals surface area (Å²) in [6.45, 7) is 16.5. The highest BCUT2D eigenvalue weighted by molar-refractivity contribution is 6.00. The number of urea groups is 1. The number of Topliss-reactive ketones (excluding diaryl/α,β-unsaturated/α-hetero) is 2. The maximum Gasteiger partial charge on any atom is 0.318 e. The number of fused-ring (bicyclic) bond motifs is 1. The first-order valence-corrected chi connectivity index (χ1v) is 21.7. The Hall–Kier alpha value is -4.25. The number of esters is 2. The van der Waals surface area contributed by atoms with Gasteiger partial charge in [0.15, 0.2) is 18.2 Å². The molecule has 5 heterocycles. The fourth-order valence-corrected chi connectivity index (χ4v) is 9.90. The lowest BCUT2D eigenvalue weighted by molar-refractivity contribution is -0.298. The van der Waals surface area contributed by atoms with Crippen molar-refractivity contribution in [3.8, 4) is 11.3 Å². The minimum Gasteiger partial charge on any atom is -0.459 e. The van der Waals surface area contributed by atoms with Crippen LogP contribution in [0, 0.1) is 23.7 Å². The van der Waals surface area contributed by atoms with E-state index in [1.807, 2.05) is 76.5 Å². The molecule has 13 atom stereocenters. The zero-order valence-electron chi connectivity index (χ0n) is 38.1. The molecular weight excluding hydrogens is 785 g/mol. The number of ketones is 2. The molecule has 3 saturated heterocycles. The van der Waals surface area contributed by atoms with Crippen LogP contribution in [0.25, 0.3) is 11.3 Å². The molecular formula is C45H68N6O10. The number of cyclic esters (lactones) is 1. The smallest absolute Gasteiger partial charge is 0.318 e. The number of aromatic nitrogens is 3. The number of hydrogen-bond donors (Lipinski definition) is 1. The van der Waals surface area contributed by atoms with Gasteiger partial charge in [-0.1, -0.05) is 27.7 Å². The Kier molecular flexibility index (Phi) is 15.6. The number of nitrogens with zero attached hydrogens (tertiary/aromatic N) is 5. The van der Waals surface area contributed by atoms with Crippen molar-refractivity contribution in [1.29, 1.82) is 0 Å². The molecule has 16 nitrogen and oxygen atoms in total. The summed E-state index contributed by atoms with van der Waals surface area (Å²) in [7, 11) is 5.27. The third-order valence-corrected chi connectivity index (χ3v) is 13.2. The summed E-state index contributed by atoms with van der Waals surface area (Å²) in [4.78, 5) is 82.2. The van der Waals surface area contributed by atoms with Crippen LogP contribution in [0.15, 0.2) is 37.1 Å². The monoisotopic (exact) mass is 852 g/mol. The van der Waals surface area contributed by atoms with Crippen LogP contribution < -0.4 is 5.32 Å². The van der Waals surface area contributed by atoms with Crippen LogP contribution in [0.2, 0.25) is 0 Å². The number of carbonyl (C=O) groups is 5. The summed E-state index contributed by atoms with van der Waals surface area (Å²) >= 11 is 0. The Bertz CT molecular complexity index is 1860. The number of amides is 2. The summed E-state index contributed by atoms with van der Waals surface area (Å²) in [6, 6.07) is 2.50. The number of hydrogen-bond acceptors (Lipinski definition) is 13. The molecule has 3 aliphatic rings. The van der Waals surface area contributed by atoms with Gasteiger partial charge in [-0.3, -0.25) is 24.2 Å². The van der Waals surface area contributed by atoms with Crippen LogP contribution >= 0.6 is 0 Å². The Balaban J connectivity index is 1.46. The Morgan fingerprint density at radius 3 is 2.36 bits per heavy atom. The standard InChI is InChI=1S/C45H68N6O10/c1-13-35-45(9)39(51(43(56)48-45)20-15-14-19-50-24-33(47-25-50)32-17-16-18-46-23-32)28(4)36(53)26(2)22-44(8,57-12)40(29(5)37(54)30(6)41(55)60-35)61-42-38(59-31(7)52)34(49(10)11)21-27(3)58-42/h16-18,23-30,34-35,38-40,42H,13-15,19-22H2,1-12H3,(H,48,56)/t26-,27-,28+,29+,30-,34?,35-,38?,39?,40?,42?,44?,45?/m1/s1. The fourth-order valence-electron chi connectivity index (χ4n) is 9.90. The second-order valence-corrected chi connectivity index (χ2v) is 18.1. The molecule has 5 rings (SSSR count). The van der Waals surface area contributed by atoms with E-state index in [9.17, 15) is 24.0 Å². The van der Waals surface area contributed by atoms with E-state index in [0.717, 1.165) is 17.7 Å². The van der Waals surface area contributed by atoms with Gasteiger partial charge in [-0.25, -0.2) is 9.78 Å². The van der Waals surface area contributed by atoms with E-state index in [-0.39, 0.29) is 30.4 Å². The van der Waals surface area contributed by atoms with Gasteiger partial charge in [0.25, 0.3) is 0 Å². The summed E-state index contributed by atoms with van der Waals surface area (Å²) in [5.74, 6) is -5.40. The maximum atomic E-state index is 14.8. The molecule has 2 amide bonds. The first-order chi connectivity index (χ1) is 28.8. The SMILES string of the molecule is CC[C@H]1OC(=O)[C@H](C)C(=O)[C@H](C)C(OC2O[C@H](C)CC(N(C)C)C2OC(C)=O)C(C)(OC)C[C@@H](C)C(=O)[C@H](C)C2N(CCCCn3cnc(-c4cccnc4)c3)C(=O)NC21C. The van der Waals surface area contributed by atoms with E-state index >= 15 is 0 Å². The lowest BCUT2D eigenvalue weighted by Crippen LogP contribution is -2.62. The van der Waals surface area contributed by atoms with E-state index in [4.69, 9.17) is 23.7 Å². The van der Waals surface area contributed by atoms with Crippen LogP contribution in [0.1, 0.15) is 94.4 Å². The number of rotatable bonds is 12. The molecule has 16 heteroatoms. The second kappa shape index (κ2) is 19.9. The highest BCUT2D eigenvalue weighted by Crippen LogP contribution is 2.41. The number of nitrogens with one attached hydrogen (secondary N) is 1. The van der Waals surface area contributed by atoms with Crippen LogP contribution in [0.4, 0.5) is 4.79 Å². The molecule has 0 saturated carbocycles. The predicted octanol–water partition coefficient (Wildman–Crippen LogP) is 5.07. The van der Waals surface area contributed by atoms with Gasteiger partial charge in [0.2, 0.25) is 0 Å². The van der Waals surface area contributed by atoms with Crippen molar-refractivity contribution in [3.05, 3.63) is 37.1 Å². The molecule has 2 aromatic heterocycles. The van der Waals surface area contributed by atoms with Crippen molar-refractivity contribution in [2.75, 3.05) is 27.7 Å². The average molecular weight is 853 g/mol. The molecule has 2 aromatic rings. The summed E-state index contributed by atoms with van der Waals surface area (Å²) in [6.07, 6.45) is 5.39. The van der Waals surface area contributed by atoms with E-state index < -0.39 is 83.2 Å². The molecule has 3 aliphatic heterocycles. The van der Waals surface area contributed by atoms with Crippen molar-refractivity contribution < 1.29 is 47.7 Å². The second-order valence-electron chi connectivity index (χ2n) is 18.1. The predicted molar refractivity (Wildman–Crippen MR) is 226 cm³/mol. The third kappa shape index (κ3) is 10.3. The average Bonchev–Trinajstić information content (AvgIpc) is 3.80. The number of ether oxygens (including phenoxy) is 5. The third-order valence-electron chi connectivity index (χ3n) is 13.2. The number of unbranched alkanes of at least 4 members (excludes halogenated alkanes) is 1. The van der Waals surface area contributed by atoms with Crippen molar-refractivity contribution in [3.63, 3.8) is 0 Å². The van der Waals surface area contributed by atoms with Gasteiger partial charge in [0.1, 0.15) is 17.8 Å². The summed E-state index contributed by atoms with van der Waals surface area (Å²) < 4.78 is 33.4. The van der Waals surface area contributed by atoms with Gasteiger partial charge < -0.3 is 43.4 Å². The Morgan fingerprint density at radius 2 is 1.74 bits per heavy atom. The normalized spacial score (nSPS) is 35.4. The first kappa shape index (κ1) is 47.8. The van der Waals surface area contributed by atoms with Crippen molar-refractivity contribution in [2.24, 2.45) is 23.7 Å². The highest BCUT2D eigenvalue weighted by atomic mass is 16.7. The van der Waals surface area contributed by atoms with E-state index in [2.05, 4.69) is 15.3 Å². The number of carbonyl (C=O) groups excluding carboxylic acids is 5. The van der Waals surface area contributed by atoms with E-state index in [1.165, 1.54) is 21.0 Å². The van der Waals surface area contributed by atoms with Crippen molar-refractivity contribution >= 4 is 29.5 Å². The molecule has 0 bridgehead atoms. The van der Waals surface area contributed by atoms with Gasteiger partial charge in [-0.2, -0.15) is 0 Å².